The van der Waals surface area contributed by atoms with E-state index in [4.69, 9.17) is 0 Å². The first-order valence-electron chi connectivity index (χ1n) is 7.65. The highest BCUT2D eigenvalue weighted by Gasteiger charge is 2.35. The summed E-state index contributed by atoms with van der Waals surface area (Å²) >= 11 is 0. The molecule has 1 aliphatic rings. The SMILES string of the molecule is Cc1cc(C(=O)N2CCC[C@@H]2C(=O)O)c(C)n1-c1ccccn1. The van der Waals surface area contributed by atoms with E-state index in [0.29, 0.717) is 18.5 Å². The summed E-state index contributed by atoms with van der Waals surface area (Å²) in [7, 11) is 0. The van der Waals surface area contributed by atoms with Crippen LogP contribution in [0.3, 0.4) is 0 Å². The maximum atomic E-state index is 12.8. The van der Waals surface area contributed by atoms with Crippen LogP contribution in [-0.4, -0.2) is 44.0 Å². The average molecular weight is 313 g/mol. The number of rotatable bonds is 3. The Morgan fingerprint density at radius 1 is 1.30 bits per heavy atom. The third-order valence-electron chi connectivity index (χ3n) is 4.34. The number of hydrogen-bond donors (Lipinski definition) is 1. The summed E-state index contributed by atoms with van der Waals surface area (Å²) in [4.78, 5) is 29.9. The number of nitrogens with zero attached hydrogens (tertiary/aromatic N) is 3. The zero-order chi connectivity index (χ0) is 16.6. The van der Waals surface area contributed by atoms with Gasteiger partial charge in [-0.2, -0.15) is 0 Å². The van der Waals surface area contributed by atoms with Crippen molar-refractivity contribution in [2.75, 3.05) is 6.54 Å². The lowest BCUT2D eigenvalue weighted by Gasteiger charge is -2.21. The number of hydrogen-bond acceptors (Lipinski definition) is 3. The predicted octanol–water partition coefficient (Wildman–Crippen LogP) is 2.18. The number of aromatic nitrogens is 2. The number of aryl methyl sites for hydroxylation is 1. The molecule has 0 bridgehead atoms. The molecule has 6 nitrogen and oxygen atoms in total. The highest BCUT2D eigenvalue weighted by molar-refractivity contribution is 5.98. The molecule has 2 aromatic heterocycles. The highest BCUT2D eigenvalue weighted by atomic mass is 16.4. The molecule has 1 amide bonds. The maximum absolute atomic E-state index is 12.8. The number of carbonyl (C=O) groups excluding carboxylic acids is 1. The average Bonchev–Trinajstić information content (AvgIpc) is 3.12. The third kappa shape index (κ3) is 2.60. The van der Waals surface area contributed by atoms with Crippen molar-refractivity contribution < 1.29 is 14.7 Å². The summed E-state index contributed by atoms with van der Waals surface area (Å²) in [6, 6.07) is 6.70. The molecule has 23 heavy (non-hydrogen) atoms. The van der Waals surface area contributed by atoms with Gasteiger partial charge in [0.15, 0.2) is 0 Å². The van der Waals surface area contributed by atoms with Crippen LogP contribution in [0, 0.1) is 13.8 Å². The van der Waals surface area contributed by atoms with E-state index in [9.17, 15) is 14.7 Å². The molecule has 0 saturated carbocycles. The summed E-state index contributed by atoms with van der Waals surface area (Å²) in [6.07, 6.45) is 2.94. The summed E-state index contributed by atoms with van der Waals surface area (Å²) < 4.78 is 1.92. The second kappa shape index (κ2) is 5.87. The van der Waals surface area contributed by atoms with Gasteiger partial charge >= 0.3 is 5.97 Å². The van der Waals surface area contributed by atoms with E-state index in [0.717, 1.165) is 23.6 Å². The Morgan fingerprint density at radius 2 is 2.09 bits per heavy atom. The van der Waals surface area contributed by atoms with Crippen LogP contribution in [-0.2, 0) is 4.79 Å². The van der Waals surface area contributed by atoms with Crippen LogP contribution in [0.2, 0.25) is 0 Å². The second-order valence-corrected chi connectivity index (χ2v) is 5.80. The van der Waals surface area contributed by atoms with Gasteiger partial charge in [0.1, 0.15) is 11.9 Å². The van der Waals surface area contributed by atoms with Crippen molar-refractivity contribution >= 4 is 11.9 Å². The van der Waals surface area contributed by atoms with E-state index in [1.165, 1.54) is 4.90 Å². The van der Waals surface area contributed by atoms with Crippen molar-refractivity contribution in [2.45, 2.75) is 32.7 Å². The molecule has 1 N–H and O–H groups in total. The normalized spacial score (nSPS) is 17.5. The smallest absolute Gasteiger partial charge is 0.326 e. The number of aliphatic carboxylic acids is 1. The minimum absolute atomic E-state index is 0.217. The van der Waals surface area contributed by atoms with E-state index >= 15 is 0 Å². The first-order valence-corrected chi connectivity index (χ1v) is 7.65. The summed E-state index contributed by atoms with van der Waals surface area (Å²) in [5.41, 5.74) is 2.22. The van der Waals surface area contributed by atoms with Gasteiger partial charge in [0, 0.05) is 24.1 Å². The van der Waals surface area contributed by atoms with Gasteiger partial charge in [0.25, 0.3) is 5.91 Å². The van der Waals surface area contributed by atoms with Crippen LogP contribution < -0.4 is 0 Å². The van der Waals surface area contributed by atoms with E-state index in [2.05, 4.69) is 4.98 Å². The molecule has 0 aromatic carbocycles. The van der Waals surface area contributed by atoms with Crippen LogP contribution in [0.25, 0.3) is 5.82 Å². The van der Waals surface area contributed by atoms with Gasteiger partial charge in [-0.25, -0.2) is 9.78 Å². The highest BCUT2D eigenvalue weighted by Crippen LogP contribution is 2.25. The number of carbonyl (C=O) groups is 2. The van der Waals surface area contributed by atoms with Gasteiger partial charge in [0.05, 0.1) is 5.56 Å². The van der Waals surface area contributed by atoms with Gasteiger partial charge < -0.3 is 14.6 Å². The molecule has 0 radical (unpaired) electrons. The summed E-state index contributed by atoms with van der Waals surface area (Å²) in [5.74, 6) is -0.405. The molecule has 1 fully saturated rings. The minimum Gasteiger partial charge on any atom is -0.480 e. The molecule has 1 atom stereocenters. The quantitative estimate of drug-likeness (QED) is 0.942. The van der Waals surface area contributed by atoms with Crippen LogP contribution in [0.5, 0.6) is 0 Å². The van der Waals surface area contributed by atoms with Crippen molar-refractivity contribution in [3.05, 3.63) is 47.4 Å². The Labute approximate surface area is 134 Å². The molecule has 1 aliphatic heterocycles. The van der Waals surface area contributed by atoms with E-state index in [-0.39, 0.29) is 5.91 Å². The number of pyridine rings is 1. The zero-order valence-electron chi connectivity index (χ0n) is 13.2. The third-order valence-corrected chi connectivity index (χ3v) is 4.34. The Bertz CT molecular complexity index is 752. The number of likely N-dealkylation sites (tertiary alicyclic amines) is 1. The van der Waals surface area contributed by atoms with Crippen molar-refractivity contribution in [1.29, 1.82) is 0 Å². The Hall–Kier alpha value is -2.63. The first-order chi connectivity index (χ1) is 11.0. The molecule has 120 valence electrons. The lowest BCUT2D eigenvalue weighted by Crippen LogP contribution is -2.40. The van der Waals surface area contributed by atoms with Crippen LogP contribution >= 0.6 is 0 Å². The largest absolute Gasteiger partial charge is 0.480 e. The van der Waals surface area contributed by atoms with Crippen molar-refractivity contribution in [3.63, 3.8) is 0 Å². The molecule has 0 spiro atoms. The molecule has 6 heteroatoms. The monoisotopic (exact) mass is 313 g/mol. The second-order valence-electron chi connectivity index (χ2n) is 5.80. The molecular weight excluding hydrogens is 294 g/mol. The Morgan fingerprint density at radius 3 is 2.74 bits per heavy atom. The fourth-order valence-electron chi connectivity index (χ4n) is 3.24. The van der Waals surface area contributed by atoms with Crippen LogP contribution in [0.4, 0.5) is 0 Å². The Balaban J connectivity index is 1.98. The topological polar surface area (TPSA) is 75.4 Å². The molecule has 1 saturated heterocycles. The van der Waals surface area contributed by atoms with Gasteiger partial charge in [-0.3, -0.25) is 4.79 Å². The number of carboxylic acids is 1. The molecule has 3 heterocycles. The minimum atomic E-state index is -0.936. The maximum Gasteiger partial charge on any atom is 0.326 e. The van der Waals surface area contributed by atoms with Gasteiger partial charge in [0.2, 0.25) is 0 Å². The fourth-order valence-corrected chi connectivity index (χ4v) is 3.24. The van der Waals surface area contributed by atoms with E-state index in [1.807, 2.05) is 42.7 Å². The van der Waals surface area contributed by atoms with Gasteiger partial charge in [-0.05, 0) is 44.9 Å². The summed E-state index contributed by atoms with van der Waals surface area (Å²) in [6.45, 7) is 4.26. The first kappa shape index (κ1) is 15.3. The lowest BCUT2D eigenvalue weighted by atomic mass is 10.2. The zero-order valence-corrected chi connectivity index (χ0v) is 13.2. The Kier molecular flexibility index (Phi) is 3.90. The van der Waals surface area contributed by atoms with Crippen LogP contribution in [0.1, 0.15) is 34.6 Å². The van der Waals surface area contributed by atoms with Crippen LogP contribution in [0.15, 0.2) is 30.5 Å². The van der Waals surface area contributed by atoms with Crippen molar-refractivity contribution in [1.82, 2.24) is 14.5 Å². The van der Waals surface area contributed by atoms with Gasteiger partial charge in [-0.15, -0.1) is 0 Å². The standard InChI is InChI=1S/C17H19N3O3/c1-11-10-13(12(2)20(11)15-7-3-4-8-18-15)16(21)19-9-5-6-14(19)17(22)23/h3-4,7-8,10,14H,5-6,9H2,1-2H3,(H,22,23)/t14-/m1/s1. The predicted molar refractivity (Wildman–Crippen MR) is 84.7 cm³/mol. The summed E-state index contributed by atoms with van der Waals surface area (Å²) in [5, 5.41) is 9.28. The lowest BCUT2D eigenvalue weighted by molar-refractivity contribution is -0.141. The van der Waals surface area contributed by atoms with E-state index < -0.39 is 12.0 Å². The van der Waals surface area contributed by atoms with E-state index in [1.54, 1.807) is 6.20 Å². The van der Waals surface area contributed by atoms with Crippen molar-refractivity contribution in [2.24, 2.45) is 0 Å². The molecule has 3 rings (SSSR count). The fraction of sp³-hybridized carbons (Fsp3) is 0.353. The molecule has 0 aliphatic carbocycles. The van der Waals surface area contributed by atoms with Gasteiger partial charge in [-0.1, -0.05) is 6.07 Å². The number of amides is 1. The van der Waals surface area contributed by atoms with Crippen molar-refractivity contribution in [3.8, 4) is 5.82 Å². The molecule has 2 aromatic rings. The number of carboxylic acid groups (broad SMARTS) is 1. The molecule has 0 unspecified atom stereocenters. The molecular formula is C17H19N3O3.